The van der Waals surface area contributed by atoms with Gasteiger partial charge in [-0.05, 0) is 12.1 Å². The number of aromatic amines is 1. The molecule has 0 aromatic carbocycles. The van der Waals surface area contributed by atoms with E-state index in [0.29, 0.717) is 10.2 Å². The molecule has 1 aliphatic rings. The minimum absolute atomic E-state index is 0.0146. The summed E-state index contributed by atoms with van der Waals surface area (Å²) in [4.78, 5) is 19.6. The van der Waals surface area contributed by atoms with Crippen LogP contribution in [0.3, 0.4) is 0 Å². The first-order valence-corrected chi connectivity index (χ1v) is 6.78. The number of nitrogens with zero attached hydrogens (tertiary/aromatic N) is 4. The Morgan fingerprint density at radius 2 is 2.20 bits per heavy atom. The van der Waals surface area contributed by atoms with Gasteiger partial charge in [-0.2, -0.15) is 0 Å². The molecule has 8 heteroatoms. The molecule has 0 aliphatic carbocycles. The van der Waals surface area contributed by atoms with Crippen LogP contribution in [0, 0.1) is 4.91 Å². The smallest absolute Gasteiger partial charge is 0.367 e. The first-order valence-electron chi connectivity index (χ1n) is 6.78. The van der Waals surface area contributed by atoms with Crippen molar-refractivity contribution < 1.29 is 14.2 Å². The zero-order valence-electron chi connectivity index (χ0n) is 11.7. The van der Waals surface area contributed by atoms with Crippen LogP contribution in [0.25, 0.3) is 11.2 Å². The Labute approximate surface area is 116 Å². The molecule has 3 heterocycles. The Bertz CT molecular complexity index is 643. The Hall–Kier alpha value is -1.77. The summed E-state index contributed by atoms with van der Waals surface area (Å²) in [5.74, 6) is 0. The minimum atomic E-state index is 0.0146. The quantitative estimate of drug-likeness (QED) is 0.652. The summed E-state index contributed by atoms with van der Waals surface area (Å²) in [7, 11) is 4.15. The molecule has 1 fully saturated rings. The van der Waals surface area contributed by atoms with Crippen LogP contribution in [0.4, 0.5) is 0 Å². The fourth-order valence-corrected chi connectivity index (χ4v) is 2.73. The van der Waals surface area contributed by atoms with Crippen LogP contribution >= 0.6 is 0 Å². The van der Waals surface area contributed by atoms with Crippen molar-refractivity contribution in [2.24, 2.45) is 0 Å². The summed E-state index contributed by atoms with van der Waals surface area (Å²) in [6.45, 7) is 3.14. The van der Waals surface area contributed by atoms with E-state index in [1.807, 2.05) is 16.8 Å². The van der Waals surface area contributed by atoms with Gasteiger partial charge < -0.3 is 4.74 Å². The fraction of sp³-hybridized carbons (Fsp3) is 0.583. The van der Waals surface area contributed by atoms with E-state index in [4.69, 9.17) is 4.74 Å². The standard InChI is InChI=1S/C12H19N6O2/c1-15(2)12(16-6-8-20-9-7-16)17-10-4-3-5-13-11(10)18(19)14-17/h3-5,12H,6-9H2,1-2H3,(H,14,19)/q+1/p+1. The van der Waals surface area contributed by atoms with Crippen molar-refractivity contribution >= 4 is 11.2 Å². The van der Waals surface area contributed by atoms with E-state index in [9.17, 15) is 4.91 Å². The summed E-state index contributed by atoms with van der Waals surface area (Å²) < 4.78 is 8.01. The number of pyridine rings is 1. The average Bonchev–Trinajstić information content (AvgIpc) is 2.78. The summed E-state index contributed by atoms with van der Waals surface area (Å²) >= 11 is 0. The molecule has 0 radical (unpaired) electrons. The van der Waals surface area contributed by atoms with E-state index in [2.05, 4.69) is 29.2 Å². The van der Waals surface area contributed by atoms with Gasteiger partial charge in [-0.1, -0.05) is 10.1 Å². The molecular formula is C12H20N6O2+2. The number of aromatic nitrogens is 4. The molecule has 2 aromatic rings. The van der Waals surface area contributed by atoms with Crippen molar-refractivity contribution in [3.05, 3.63) is 23.2 Å². The Morgan fingerprint density at radius 1 is 1.45 bits per heavy atom. The third-order valence-corrected chi connectivity index (χ3v) is 3.57. The first-order chi connectivity index (χ1) is 9.68. The van der Waals surface area contributed by atoms with Gasteiger partial charge in [-0.25, -0.2) is 4.90 Å². The van der Waals surface area contributed by atoms with Crippen LogP contribution < -0.4 is 9.44 Å². The lowest BCUT2D eigenvalue weighted by Gasteiger charge is -2.33. The highest BCUT2D eigenvalue weighted by atomic mass is 16.5. The highest BCUT2D eigenvalue weighted by Crippen LogP contribution is 2.13. The van der Waals surface area contributed by atoms with Crippen molar-refractivity contribution in [3.8, 4) is 0 Å². The second kappa shape index (κ2) is 5.31. The van der Waals surface area contributed by atoms with Crippen molar-refractivity contribution in [2.75, 3.05) is 40.4 Å². The number of ether oxygens (including phenoxy) is 1. The van der Waals surface area contributed by atoms with Crippen LogP contribution in [0.1, 0.15) is 6.29 Å². The molecule has 0 spiro atoms. The normalized spacial score (nSPS) is 18.8. The molecule has 2 N–H and O–H groups in total. The molecule has 0 bridgehead atoms. The van der Waals surface area contributed by atoms with Crippen LogP contribution in [-0.4, -0.2) is 60.2 Å². The lowest BCUT2D eigenvalue weighted by molar-refractivity contribution is -0.919. The van der Waals surface area contributed by atoms with Crippen molar-refractivity contribution in [3.63, 3.8) is 0 Å². The van der Waals surface area contributed by atoms with Gasteiger partial charge in [-0.3, -0.25) is 4.90 Å². The van der Waals surface area contributed by atoms with Gasteiger partial charge in [0.05, 0.1) is 31.9 Å². The predicted octanol–water partition coefficient (Wildman–Crippen LogP) is -1.79. The summed E-state index contributed by atoms with van der Waals surface area (Å²) in [5, 5.41) is 2.84. The Balaban J connectivity index is 2.07. The number of morpholine rings is 1. The van der Waals surface area contributed by atoms with Crippen LogP contribution in [0.15, 0.2) is 18.3 Å². The Kier molecular flexibility index (Phi) is 3.51. The number of quaternary nitrogens is 1. The minimum Gasteiger partial charge on any atom is -0.379 e. The highest BCUT2D eigenvalue weighted by Gasteiger charge is 2.33. The molecule has 1 aliphatic heterocycles. The number of rotatable bonds is 3. The van der Waals surface area contributed by atoms with Gasteiger partial charge in [0.2, 0.25) is 5.52 Å². The van der Waals surface area contributed by atoms with E-state index < -0.39 is 0 Å². The maximum Gasteiger partial charge on any atom is 0.367 e. The zero-order chi connectivity index (χ0) is 14.1. The van der Waals surface area contributed by atoms with Gasteiger partial charge in [0, 0.05) is 13.1 Å². The molecule has 2 aromatic heterocycles. The van der Waals surface area contributed by atoms with Crippen molar-refractivity contribution in [2.45, 2.75) is 6.29 Å². The molecule has 0 amide bonds. The molecule has 108 valence electrons. The van der Waals surface area contributed by atoms with E-state index >= 15 is 0 Å². The third kappa shape index (κ3) is 2.21. The lowest BCUT2D eigenvalue weighted by atomic mass is 10.4. The lowest BCUT2D eigenvalue weighted by Crippen LogP contribution is -3.09. The fourth-order valence-electron chi connectivity index (χ4n) is 2.73. The molecule has 20 heavy (non-hydrogen) atoms. The second-order valence-electron chi connectivity index (χ2n) is 5.21. The maximum atomic E-state index is 11.9. The summed E-state index contributed by atoms with van der Waals surface area (Å²) in [6.07, 6.45) is 1.64. The number of nitrogens with one attached hydrogen (secondary N) is 2. The van der Waals surface area contributed by atoms with Gasteiger partial charge in [0.1, 0.15) is 6.20 Å². The molecular weight excluding hydrogens is 260 g/mol. The van der Waals surface area contributed by atoms with Crippen LogP contribution in [0.2, 0.25) is 0 Å². The predicted molar refractivity (Wildman–Crippen MR) is 71.7 cm³/mol. The molecule has 1 saturated heterocycles. The van der Waals surface area contributed by atoms with Crippen molar-refractivity contribution in [1.29, 1.82) is 0 Å². The van der Waals surface area contributed by atoms with Crippen molar-refractivity contribution in [1.82, 2.24) is 19.8 Å². The SMILES string of the molecule is C[NH+](C)C(N1CCOCC1)n1[nH][n+](=O)c2ncccc21. The molecule has 1 unspecified atom stereocenters. The largest absolute Gasteiger partial charge is 0.379 e. The van der Waals surface area contributed by atoms with Crippen LogP contribution in [0.5, 0.6) is 0 Å². The first kappa shape index (κ1) is 13.2. The monoisotopic (exact) mass is 280 g/mol. The highest BCUT2D eigenvalue weighted by molar-refractivity contribution is 5.65. The van der Waals surface area contributed by atoms with E-state index in [1.165, 1.54) is 4.90 Å². The van der Waals surface area contributed by atoms with E-state index in [-0.39, 0.29) is 6.29 Å². The molecule has 3 rings (SSSR count). The zero-order valence-corrected chi connectivity index (χ0v) is 11.7. The topological polar surface area (TPSA) is 73.5 Å². The number of fused-ring (bicyclic) bond motifs is 1. The summed E-state index contributed by atoms with van der Waals surface area (Å²) in [6, 6.07) is 3.75. The molecule has 8 nitrogen and oxygen atoms in total. The maximum absolute atomic E-state index is 11.9. The molecule has 0 saturated carbocycles. The van der Waals surface area contributed by atoms with Crippen LogP contribution in [-0.2, 0) is 4.74 Å². The second-order valence-corrected chi connectivity index (χ2v) is 5.21. The van der Waals surface area contributed by atoms with E-state index in [1.54, 1.807) is 6.20 Å². The number of hydrogen-bond acceptors (Lipinski definition) is 4. The third-order valence-electron chi connectivity index (χ3n) is 3.57. The Morgan fingerprint density at radius 3 is 2.90 bits per heavy atom. The number of H-pyrrole nitrogens is 1. The van der Waals surface area contributed by atoms with Gasteiger partial charge in [0.25, 0.3) is 6.29 Å². The van der Waals surface area contributed by atoms with Gasteiger partial charge in [0.15, 0.2) is 0 Å². The van der Waals surface area contributed by atoms with Gasteiger partial charge in [-0.15, -0.1) is 9.67 Å². The summed E-state index contributed by atoms with van der Waals surface area (Å²) in [5.41, 5.74) is 1.22. The number of hydrogen-bond donors (Lipinski definition) is 2. The molecule has 1 atom stereocenters. The average molecular weight is 280 g/mol. The van der Waals surface area contributed by atoms with Gasteiger partial charge >= 0.3 is 5.65 Å². The van der Waals surface area contributed by atoms with E-state index in [0.717, 1.165) is 31.8 Å².